The molecule has 1 aliphatic heterocycles. The van der Waals surface area contributed by atoms with Gasteiger partial charge in [-0.25, -0.2) is 4.39 Å². The smallest absolute Gasteiger partial charge is 0.240 e. The molecule has 6 heteroatoms. The molecule has 1 fully saturated rings. The van der Waals surface area contributed by atoms with Crippen molar-refractivity contribution in [3.8, 4) is 0 Å². The van der Waals surface area contributed by atoms with Crippen molar-refractivity contribution >= 4 is 27.7 Å². The van der Waals surface area contributed by atoms with Crippen molar-refractivity contribution in [3.05, 3.63) is 34.1 Å². The number of nitrogens with zero attached hydrogens (tertiary/aromatic N) is 1. The second kappa shape index (κ2) is 4.93. The van der Waals surface area contributed by atoms with Gasteiger partial charge >= 0.3 is 0 Å². The van der Waals surface area contributed by atoms with Crippen LogP contribution in [0, 0.1) is 5.82 Å². The predicted octanol–water partition coefficient (Wildman–Crippen LogP) is 1.05. The Balaban J connectivity index is 2.09. The maximum Gasteiger partial charge on any atom is 0.240 e. The maximum absolute atomic E-state index is 13.1. The molecule has 90 valence electrons. The van der Waals surface area contributed by atoms with Crippen LogP contribution in [0.2, 0.25) is 0 Å². The van der Waals surface area contributed by atoms with Crippen LogP contribution in [0.5, 0.6) is 0 Å². The number of hydrogen-bond donors (Lipinski definition) is 1. The fourth-order valence-corrected chi connectivity index (χ4v) is 2.28. The molecular weight excluding hydrogens is 291 g/mol. The van der Waals surface area contributed by atoms with Gasteiger partial charge in [0, 0.05) is 11.0 Å². The topological polar surface area (TPSA) is 49.4 Å². The molecule has 1 aliphatic rings. The third kappa shape index (κ3) is 3.34. The zero-order valence-electron chi connectivity index (χ0n) is 8.87. The zero-order chi connectivity index (χ0) is 12.4. The highest BCUT2D eigenvalue weighted by Crippen LogP contribution is 2.16. The Morgan fingerprint density at radius 2 is 1.88 bits per heavy atom. The van der Waals surface area contributed by atoms with Gasteiger partial charge in [0.15, 0.2) is 0 Å². The first-order valence-electron chi connectivity index (χ1n) is 5.03. The predicted molar refractivity (Wildman–Crippen MR) is 62.5 cm³/mol. The van der Waals surface area contributed by atoms with E-state index in [-0.39, 0.29) is 30.7 Å². The summed E-state index contributed by atoms with van der Waals surface area (Å²) in [4.78, 5) is 24.0. The van der Waals surface area contributed by atoms with Crippen molar-refractivity contribution in [2.75, 3.05) is 13.1 Å². The highest BCUT2D eigenvalue weighted by molar-refractivity contribution is 9.10. The summed E-state index contributed by atoms with van der Waals surface area (Å²) in [6.07, 6.45) is 0. The van der Waals surface area contributed by atoms with Crippen molar-refractivity contribution in [2.24, 2.45) is 0 Å². The van der Waals surface area contributed by atoms with Gasteiger partial charge in [0.2, 0.25) is 11.8 Å². The third-order valence-electron chi connectivity index (χ3n) is 2.34. The van der Waals surface area contributed by atoms with Crippen LogP contribution in [0.4, 0.5) is 4.39 Å². The quantitative estimate of drug-likeness (QED) is 0.831. The zero-order valence-corrected chi connectivity index (χ0v) is 10.5. The molecule has 0 aliphatic carbocycles. The number of imide groups is 1. The molecule has 0 unspecified atom stereocenters. The van der Waals surface area contributed by atoms with Gasteiger partial charge in [0.05, 0.1) is 13.1 Å². The van der Waals surface area contributed by atoms with Crippen LogP contribution in [-0.4, -0.2) is 29.8 Å². The first kappa shape index (κ1) is 12.2. The third-order valence-corrected chi connectivity index (χ3v) is 2.80. The number of piperazine rings is 1. The van der Waals surface area contributed by atoms with Crippen molar-refractivity contribution in [1.29, 1.82) is 0 Å². The first-order chi connectivity index (χ1) is 8.02. The molecule has 1 N–H and O–H groups in total. The molecule has 0 spiro atoms. The molecule has 2 amide bonds. The van der Waals surface area contributed by atoms with Crippen molar-refractivity contribution in [2.45, 2.75) is 6.54 Å². The van der Waals surface area contributed by atoms with Crippen LogP contribution in [0.15, 0.2) is 22.7 Å². The van der Waals surface area contributed by atoms with E-state index in [4.69, 9.17) is 0 Å². The Labute approximate surface area is 106 Å². The number of hydrogen-bond acceptors (Lipinski definition) is 3. The highest BCUT2D eigenvalue weighted by Gasteiger charge is 2.22. The molecule has 0 atom stereocenters. The van der Waals surface area contributed by atoms with Crippen molar-refractivity contribution in [3.63, 3.8) is 0 Å². The van der Waals surface area contributed by atoms with Crippen LogP contribution < -0.4 is 5.32 Å². The summed E-state index contributed by atoms with van der Waals surface area (Å²) >= 11 is 3.20. The average Bonchev–Trinajstić information content (AvgIpc) is 2.13. The monoisotopic (exact) mass is 300 g/mol. The van der Waals surface area contributed by atoms with Gasteiger partial charge in [-0.2, -0.15) is 0 Å². The summed E-state index contributed by atoms with van der Waals surface area (Å²) in [5.41, 5.74) is 0.722. The van der Waals surface area contributed by atoms with E-state index in [0.717, 1.165) is 5.56 Å². The average molecular weight is 301 g/mol. The lowest BCUT2D eigenvalue weighted by atomic mass is 10.2. The fraction of sp³-hybridized carbons (Fsp3) is 0.273. The Hall–Kier alpha value is -1.27. The highest BCUT2D eigenvalue weighted by atomic mass is 79.9. The van der Waals surface area contributed by atoms with E-state index in [1.165, 1.54) is 12.1 Å². The van der Waals surface area contributed by atoms with E-state index >= 15 is 0 Å². The van der Waals surface area contributed by atoms with Gasteiger partial charge in [-0.15, -0.1) is 0 Å². The van der Waals surface area contributed by atoms with Crippen molar-refractivity contribution < 1.29 is 14.0 Å². The molecule has 1 aromatic carbocycles. The van der Waals surface area contributed by atoms with Gasteiger partial charge < -0.3 is 0 Å². The number of carbonyl (C=O) groups excluding carboxylic acids is 2. The molecule has 0 aromatic heterocycles. The van der Waals surface area contributed by atoms with E-state index < -0.39 is 0 Å². The minimum Gasteiger partial charge on any atom is -0.294 e. The number of halogens is 2. The van der Waals surface area contributed by atoms with Gasteiger partial charge in [0.25, 0.3) is 0 Å². The molecule has 4 nitrogen and oxygen atoms in total. The van der Waals surface area contributed by atoms with E-state index in [1.54, 1.807) is 11.0 Å². The lowest BCUT2D eigenvalue weighted by Gasteiger charge is -2.25. The van der Waals surface area contributed by atoms with E-state index in [2.05, 4.69) is 21.2 Å². The minimum atomic E-state index is -0.345. The summed E-state index contributed by atoms with van der Waals surface area (Å²) in [5.74, 6) is -0.990. The molecule has 17 heavy (non-hydrogen) atoms. The number of rotatable bonds is 2. The Bertz CT molecular complexity index is 442. The SMILES string of the molecule is O=C1CN(Cc2cc(F)cc(Br)c2)CC(=O)N1. The van der Waals surface area contributed by atoms with Gasteiger partial charge in [-0.05, 0) is 23.8 Å². The Morgan fingerprint density at radius 1 is 1.24 bits per heavy atom. The molecule has 1 saturated heterocycles. The van der Waals surface area contributed by atoms with E-state index in [0.29, 0.717) is 11.0 Å². The number of amides is 2. The van der Waals surface area contributed by atoms with Crippen LogP contribution in [-0.2, 0) is 16.1 Å². The first-order valence-corrected chi connectivity index (χ1v) is 5.82. The molecule has 1 aromatic rings. The number of benzene rings is 1. The molecule has 0 bridgehead atoms. The normalized spacial score (nSPS) is 17.1. The van der Waals surface area contributed by atoms with Gasteiger partial charge in [-0.3, -0.25) is 19.8 Å². The lowest BCUT2D eigenvalue weighted by Crippen LogP contribution is -2.50. The summed E-state index contributed by atoms with van der Waals surface area (Å²) < 4.78 is 13.8. The second-order valence-electron chi connectivity index (χ2n) is 3.89. The van der Waals surface area contributed by atoms with E-state index in [9.17, 15) is 14.0 Å². The molecule has 0 saturated carbocycles. The van der Waals surface area contributed by atoms with Crippen molar-refractivity contribution in [1.82, 2.24) is 10.2 Å². The molecule has 2 rings (SSSR count). The van der Waals surface area contributed by atoms with Crippen LogP contribution in [0.3, 0.4) is 0 Å². The summed E-state index contributed by atoms with van der Waals surface area (Å²) in [7, 11) is 0. The van der Waals surface area contributed by atoms with E-state index in [1.807, 2.05) is 0 Å². The standard InChI is InChI=1S/C11H10BrFN2O2/c12-8-1-7(2-9(13)3-8)4-15-5-10(16)14-11(17)6-15/h1-3H,4-6H2,(H,14,16,17). The molecule has 0 radical (unpaired) electrons. The van der Waals surface area contributed by atoms with Crippen LogP contribution >= 0.6 is 15.9 Å². The lowest BCUT2D eigenvalue weighted by molar-refractivity contribution is -0.136. The number of carbonyl (C=O) groups is 2. The summed E-state index contributed by atoms with van der Waals surface area (Å²) in [5, 5.41) is 2.21. The number of nitrogens with one attached hydrogen (secondary N) is 1. The Kier molecular flexibility index (Phi) is 3.54. The van der Waals surface area contributed by atoms with Crippen LogP contribution in [0.25, 0.3) is 0 Å². The Morgan fingerprint density at radius 3 is 2.47 bits per heavy atom. The van der Waals surface area contributed by atoms with Gasteiger partial charge in [0.1, 0.15) is 5.82 Å². The fourth-order valence-electron chi connectivity index (χ4n) is 1.77. The molecular formula is C11H10BrFN2O2. The summed E-state index contributed by atoms with van der Waals surface area (Å²) in [6.45, 7) is 0.676. The maximum atomic E-state index is 13.1. The second-order valence-corrected chi connectivity index (χ2v) is 4.81. The summed E-state index contributed by atoms with van der Waals surface area (Å²) in [6, 6.07) is 4.51. The largest absolute Gasteiger partial charge is 0.294 e. The molecule has 1 heterocycles. The van der Waals surface area contributed by atoms with Gasteiger partial charge in [-0.1, -0.05) is 15.9 Å². The van der Waals surface area contributed by atoms with Crippen LogP contribution in [0.1, 0.15) is 5.56 Å². The minimum absolute atomic E-state index is 0.153.